The van der Waals surface area contributed by atoms with Gasteiger partial charge in [-0.05, 0) is 37.5 Å². The largest absolute Gasteiger partial charge is 0.343 e. The van der Waals surface area contributed by atoms with Crippen LogP contribution in [0, 0.1) is 11.3 Å². The van der Waals surface area contributed by atoms with Crippen molar-refractivity contribution in [1.29, 1.82) is 5.26 Å². The number of rotatable bonds is 5. The number of sulfonamides is 1. The van der Waals surface area contributed by atoms with E-state index in [1.807, 2.05) is 6.07 Å². The normalized spacial score (nSPS) is 15.0. The molecule has 1 amide bonds. The van der Waals surface area contributed by atoms with E-state index >= 15 is 0 Å². The summed E-state index contributed by atoms with van der Waals surface area (Å²) in [6.45, 7) is 1.59. The summed E-state index contributed by atoms with van der Waals surface area (Å²) < 4.78 is 25.3. The van der Waals surface area contributed by atoms with Crippen LogP contribution >= 0.6 is 0 Å². The highest BCUT2D eigenvalue weighted by atomic mass is 32.2. The molecule has 0 aliphatic carbocycles. The molecular weight excluding hydrogens is 314 g/mol. The first-order valence-electron chi connectivity index (χ1n) is 7.67. The van der Waals surface area contributed by atoms with Gasteiger partial charge in [0.1, 0.15) is 0 Å². The molecule has 1 aromatic rings. The second-order valence-corrected chi connectivity index (χ2v) is 7.60. The van der Waals surface area contributed by atoms with Gasteiger partial charge >= 0.3 is 0 Å². The topological polar surface area (TPSA) is 81.5 Å². The molecule has 0 bridgehead atoms. The monoisotopic (exact) mass is 335 g/mol. The molecular formula is C16H21N3O3S. The lowest BCUT2D eigenvalue weighted by molar-refractivity contribution is -0.131. The van der Waals surface area contributed by atoms with Gasteiger partial charge in [-0.3, -0.25) is 9.10 Å². The molecule has 7 heteroatoms. The molecule has 6 nitrogen and oxygen atoms in total. The molecule has 0 aromatic heterocycles. The summed E-state index contributed by atoms with van der Waals surface area (Å²) in [6, 6.07) is 8.40. The van der Waals surface area contributed by atoms with Crippen molar-refractivity contribution in [2.24, 2.45) is 0 Å². The molecule has 1 heterocycles. The number of carbonyl (C=O) groups is 1. The lowest BCUT2D eigenvalue weighted by Crippen LogP contribution is -2.39. The number of carbonyl (C=O) groups excluding carboxylic acids is 1. The lowest BCUT2D eigenvalue weighted by Gasteiger charge is -2.28. The predicted molar refractivity (Wildman–Crippen MR) is 88.4 cm³/mol. The summed E-state index contributed by atoms with van der Waals surface area (Å²) in [5.74, 6) is -0.0187. The van der Waals surface area contributed by atoms with Crippen molar-refractivity contribution in [2.45, 2.75) is 25.7 Å². The molecule has 1 saturated heterocycles. The maximum atomic E-state index is 12.2. The second-order valence-electron chi connectivity index (χ2n) is 5.69. The van der Waals surface area contributed by atoms with Gasteiger partial charge < -0.3 is 4.90 Å². The first kappa shape index (κ1) is 17.3. The Morgan fingerprint density at radius 3 is 2.61 bits per heavy atom. The van der Waals surface area contributed by atoms with Crippen molar-refractivity contribution >= 4 is 21.6 Å². The Kier molecular flexibility index (Phi) is 5.61. The number of likely N-dealkylation sites (tertiary alicyclic amines) is 1. The minimum Gasteiger partial charge on any atom is -0.343 e. The standard InChI is InChI=1S/C16H21N3O3S/c1-23(21,22)19(15-7-5-6-14(12-15)13-17)11-8-16(20)18-9-3-2-4-10-18/h5-7,12H,2-4,8-11H2,1H3. The molecule has 1 fully saturated rings. The highest BCUT2D eigenvalue weighted by Crippen LogP contribution is 2.20. The first-order valence-corrected chi connectivity index (χ1v) is 9.52. The van der Waals surface area contributed by atoms with Crippen LogP contribution in [0.4, 0.5) is 5.69 Å². The van der Waals surface area contributed by atoms with Crippen molar-refractivity contribution in [3.8, 4) is 6.07 Å². The fraction of sp³-hybridized carbons (Fsp3) is 0.500. The molecule has 0 radical (unpaired) electrons. The zero-order valence-electron chi connectivity index (χ0n) is 13.2. The van der Waals surface area contributed by atoms with Gasteiger partial charge in [0.2, 0.25) is 15.9 Å². The van der Waals surface area contributed by atoms with Crippen LogP contribution in [-0.2, 0) is 14.8 Å². The Hall–Kier alpha value is -2.07. The van der Waals surface area contributed by atoms with Crippen LogP contribution < -0.4 is 4.31 Å². The Morgan fingerprint density at radius 2 is 2.00 bits per heavy atom. The molecule has 1 aliphatic heterocycles. The number of anilines is 1. The fourth-order valence-electron chi connectivity index (χ4n) is 2.72. The zero-order chi connectivity index (χ0) is 16.9. The minimum atomic E-state index is -3.52. The van der Waals surface area contributed by atoms with Gasteiger partial charge in [0.25, 0.3) is 0 Å². The summed E-state index contributed by atoms with van der Waals surface area (Å²) in [4.78, 5) is 14.0. The number of nitrogens with zero attached hydrogens (tertiary/aromatic N) is 3. The van der Waals surface area contributed by atoms with Crippen LogP contribution in [0.5, 0.6) is 0 Å². The van der Waals surface area contributed by atoms with E-state index in [-0.39, 0.29) is 18.9 Å². The summed E-state index contributed by atoms with van der Waals surface area (Å²) >= 11 is 0. The SMILES string of the molecule is CS(=O)(=O)N(CCC(=O)N1CCCCC1)c1cccc(C#N)c1. The first-order chi connectivity index (χ1) is 10.9. The average molecular weight is 335 g/mol. The van der Waals surface area contributed by atoms with Crippen LogP contribution in [0.15, 0.2) is 24.3 Å². The van der Waals surface area contributed by atoms with Crippen LogP contribution in [0.3, 0.4) is 0 Å². The van der Waals surface area contributed by atoms with Crippen molar-refractivity contribution in [3.05, 3.63) is 29.8 Å². The van der Waals surface area contributed by atoms with E-state index < -0.39 is 10.0 Å². The molecule has 0 unspecified atom stereocenters. The van der Waals surface area contributed by atoms with Gasteiger partial charge in [-0.25, -0.2) is 8.42 Å². The smallest absolute Gasteiger partial charge is 0.232 e. The minimum absolute atomic E-state index is 0.0187. The molecule has 1 aromatic carbocycles. The van der Waals surface area contributed by atoms with Gasteiger partial charge in [0.15, 0.2) is 0 Å². The molecule has 0 N–H and O–H groups in total. The zero-order valence-corrected chi connectivity index (χ0v) is 14.1. The quantitative estimate of drug-likeness (QED) is 0.820. The van der Waals surface area contributed by atoms with Crippen molar-refractivity contribution in [3.63, 3.8) is 0 Å². The fourth-order valence-corrected chi connectivity index (χ4v) is 3.64. The Balaban J connectivity index is 2.10. The predicted octanol–water partition coefficient (Wildman–Crippen LogP) is 1.73. The number of nitriles is 1. The number of hydrogen-bond acceptors (Lipinski definition) is 4. The molecule has 2 rings (SSSR count). The van der Waals surface area contributed by atoms with E-state index in [9.17, 15) is 13.2 Å². The number of benzene rings is 1. The van der Waals surface area contributed by atoms with Gasteiger partial charge in [-0.2, -0.15) is 5.26 Å². The highest BCUT2D eigenvalue weighted by Gasteiger charge is 2.22. The van der Waals surface area contributed by atoms with E-state index in [2.05, 4.69) is 0 Å². The summed E-state index contributed by atoms with van der Waals surface area (Å²) in [6.07, 6.45) is 4.40. The average Bonchev–Trinajstić information content (AvgIpc) is 2.54. The summed E-state index contributed by atoms with van der Waals surface area (Å²) in [5.41, 5.74) is 0.802. The molecule has 23 heavy (non-hydrogen) atoms. The molecule has 1 aliphatic rings. The van der Waals surface area contributed by atoms with Crippen molar-refractivity contribution in [2.75, 3.05) is 30.2 Å². The van der Waals surface area contributed by atoms with Gasteiger partial charge in [-0.15, -0.1) is 0 Å². The van der Waals surface area contributed by atoms with E-state index in [0.29, 0.717) is 11.3 Å². The third-order valence-corrected chi connectivity index (χ3v) is 5.10. The number of hydrogen-bond donors (Lipinski definition) is 0. The molecule has 0 saturated carbocycles. The molecule has 0 spiro atoms. The maximum absolute atomic E-state index is 12.2. The third-order valence-electron chi connectivity index (χ3n) is 3.90. The van der Waals surface area contributed by atoms with Crippen LogP contribution in [0.25, 0.3) is 0 Å². The Bertz CT molecular complexity index is 704. The number of amides is 1. The van der Waals surface area contributed by atoms with E-state index in [4.69, 9.17) is 5.26 Å². The maximum Gasteiger partial charge on any atom is 0.232 e. The van der Waals surface area contributed by atoms with Crippen LogP contribution in [0.1, 0.15) is 31.2 Å². The van der Waals surface area contributed by atoms with E-state index in [1.54, 1.807) is 23.1 Å². The second kappa shape index (κ2) is 7.47. The van der Waals surface area contributed by atoms with Crippen LogP contribution in [0.2, 0.25) is 0 Å². The van der Waals surface area contributed by atoms with Gasteiger partial charge in [0.05, 0.1) is 23.6 Å². The van der Waals surface area contributed by atoms with E-state index in [1.165, 1.54) is 10.4 Å². The third kappa shape index (κ3) is 4.70. The summed E-state index contributed by atoms with van der Waals surface area (Å²) in [5, 5.41) is 8.96. The Labute approximate surface area is 137 Å². The molecule has 0 atom stereocenters. The lowest BCUT2D eigenvalue weighted by atomic mass is 10.1. The van der Waals surface area contributed by atoms with Crippen molar-refractivity contribution < 1.29 is 13.2 Å². The van der Waals surface area contributed by atoms with E-state index in [0.717, 1.165) is 38.6 Å². The number of piperidine rings is 1. The van der Waals surface area contributed by atoms with Gasteiger partial charge in [-0.1, -0.05) is 6.07 Å². The molecule has 124 valence electrons. The van der Waals surface area contributed by atoms with Crippen molar-refractivity contribution in [1.82, 2.24) is 4.90 Å². The summed E-state index contributed by atoms with van der Waals surface area (Å²) in [7, 11) is -3.52. The highest BCUT2D eigenvalue weighted by molar-refractivity contribution is 7.92. The van der Waals surface area contributed by atoms with Crippen LogP contribution in [-0.4, -0.2) is 45.1 Å². The Morgan fingerprint density at radius 1 is 1.30 bits per heavy atom. The van der Waals surface area contributed by atoms with Gasteiger partial charge in [0, 0.05) is 26.1 Å².